The number of hydrogen-bond acceptors (Lipinski definition) is 6. The van der Waals surface area contributed by atoms with Crippen LogP contribution in [0.2, 0.25) is 5.02 Å². The monoisotopic (exact) mass is 666 g/mol. The summed E-state index contributed by atoms with van der Waals surface area (Å²) < 4.78 is 11.7. The fraction of sp³-hybridized carbons (Fsp3) is 0.375. The summed E-state index contributed by atoms with van der Waals surface area (Å²) in [4.78, 5) is 43.5. The average Bonchev–Trinajstić information content (AvgIpc) is 3.01. The normalized spacial score (nSPS) is 18.8. The lowest BCUT2D eigenvalue weighted by Crippen LogP contribution is -2.44. The Hall–Kier alpha value is -4.36. The molecule has 0 atom stereocenters. The van der Waals surface area contributed by atoms with Crippen LogP contribution in [-0.2, 0) is 20.9 Å². The van der Waals surface area contributed by atoms with Gasteiger partial charge in [-0.3, -0.25) is 14.4 Å². The van der Waals surface area contributed by atoms with Crippen LogP contribution >= 0.6 is 11.6 Å². The minimum atomic E-state index is -0.598. The van der Waals surface area contributed by atoms with E-state index in [1.165, 1.54) is 7.11 Å². The smallest absolute Gasteiger partial charge is 0.262 e. The average molecular weight is 667 g/mol. The van der Waals surface area contributed by atoms with Crippen molar-refractivity contribution in [3.05, 3.63) is 111 Å². The van der Waals surface area contributed by atoms with Crippen molar-refractivity contribution in [3.63, 3.8) is 0 Å². The highest BCUT2D eigenvalue weighted by Crippen LogP contribution is 2.55. The van der Waals surface area contributed by atoms with E-state index in [1.807, 2.05) is 49.4 Å². The first-order valence-corrected chi connectivity index (χ1v) is 16.8. The van der Waals surface area contributed by atoms with Crippen LogP contribution in [0.4, 0.5) is 5.69 Å². The number of carbonyl (C=O) groups is 3. The van der Waals surface area contributed by atoms with Crippen LogP contribution in [0.25, 0.3) is 0 Å². The number of amides is 1. The molecule has 0 unspecified atom stereocenters. The SMILES string of the molecule is COc1cc(C2C3=C(CC(C)(C)CC3=O)N(Cc3ccccc3)C3=C2C(=O)CC(C)(C)C3)cc(Cl)c1OCC(=O)Nc1ccccc1C. The van der Waals surface area contributed by atoms with Gasteiger partial charge in [-0.25, -0.2) is 0 Å². The van der Waals surface area contributed by atoms with E-state index in [0.29, 0.717) is 60.4 Å². The van der Waals surface area contributed by atoms with E-state index in [4.69, 9.17) is 21.1 Å². The zero-order valence-corrected chi connectivity index (χ0v) is 29.3. The highest BCUT2D eigenvalue weighted by Gasteiger charge is 2.49. The summed E-state index contributed by atoms with van der Waals surface area (Å²) in [6, 6.07) is 21.3. The fourth-order valence-corrected chi connectivity index (χ4v) is 7.70. The van der Waals surface area contributed by atoms with E-state index in [0.717, 1.165) is 22.5 Å². The summed E-state index contributed by atoms with van der Waals surface area (Å²) in [5.41, 5.74) is 6.20. The maximum atomic E-state index is 14.2. The number of para-hydroxylation sites is 1. The van der Waals surface area contributed by atoms with Gasteiger partial charge in [-0.2, -0.15) is 0 Å². The van der Waals surface area contributed by atoms with Crippen molar-refractivity contribution >= 4 is 34.8 Å². The molecule has 6 rings (SSSR count). The molecule has 3 aromatic carbocycles. The first kappa shape index (κ1) is 33.5. The van der Waals surface area contributed by atoms with Gasteiger partial charge in [0.2, 0.25) is 0 Å². The molecule has 0 radical (unpaired) electrons. The molecular weight excluding hydrogens is 624 g/mol. The zero-order chi connectivity index (χ0) is 34.4. The Kier molecular flexibility index (Phi) is 9.03. The number of rotatable bonds is 8. The number of carbonyl (C=O) groups excluding carboxylic acids is 3. The van der Waals surface area contributed by atoms with Crippen molar-refractivity contribution in [1.29, 1.82) is 0 Å². The molecule has 1 heterocycles. The Morgan fingerprint density at radius 3 is 2.04 bits per heavy atom. The molecule has 1 aliphatic heterocycles. The molecule has 0 aromatic heterocycles. The maximum Gasteiger partial charge on any atom is 0.262 e. The van der Waals surface area contributed by atoms with Crippen molar-refractivity contribution in [2.75, 3.05) is 19.0 Å². The van der Waals surface area contributed by atoms with Gasteiger partial charge in [0.25, 0.3) is 5.91 Å². The van der Waals surface area contributed by atoms with E-state index in [9.17, 15) is 14.4 Å². The van der Waals surface area contributed by atoms with Crippen molar-refractivity contribution in [2.24, 2.45) is 10.8 Å². The van der Waals surface area contributed by atoms with Crippen LogP contribution in [-0.4, -0.2) is 36.1 Å². The summed E-state index contributed by atoms with van der Waals surface area (Å²) in [5.74, 6) is -0.315. The Bertz CT molecular complexity index is 1800. The Morgan fingerprint density at radius 1 is 0.875 bits per heavy atom. The predicted molar refractivity (Wildman–Crippen MR) is 188 cm³/mol. The molecule has 250 valence electrons. The summed E-state index contributed by atoms with van der Waals surface area (Å²) in [7, 11) is 1.51. The van der Waals surface area contributed by atoms with Gasteiger partial charge in [-0.15, -0.1) is 0 Å². The van der Waals surface area contributed by atoms with Crippen LogP contribution in [0, 0.1) is 17.8 Å². The van der Waals surface area contributed by atoms with Crippen molar-refractivity contribution < 1.29 is 23.9 Å². The molecule has 0 spiro atoms. The molecule has 3 aliphatic rings. The standard InChI is InChI=1S/C40H43ClN2O5/c1-24-12-10-11-15-28(24)42-34(46)23-48-38-27(41)16-26(17-33(38)47-6)35-36-29(18-39(2,3)20-31(36)44)43(22-25-13-8-7-9-14-25)30-19-40(4,5)21-32(45)37(30)35/h7-17,35H,18-23H2,1-6H3,(H,42,46). The Morgan fingerprint density at radius 2 is 1.46 bits per heavy atom. The molecule has 0 bridgehead atoms. The molecule has 3 aromatic rings. The van der Waals surface area contributed by atoms with E-state index in [2.05, 4.69) is 50.0 Å². The lowest BCUT2D eigenvalue weighted by atomic mass is 9.63. The fourth-order valence-electron chi connectivity index (χ4n) is 7.42. The first-order chi connectivity index (χ1) is 22.8. The molecule has 1 amide bonds. The predicted octanol–water partition coefficient (Wildman–Crippen LogP) is 8.56. The summed E-state index contributed by atoms with van der Waals surface area (Å²) in [5, 5.41) is 3.10. The summed E-state index contributed by atoms with van der Waals surface area (Å²) >= 11 is 6.90. The Labute approximate surface area is 288 Å². The van der Waals surface area contributed by atoms with Gasteiger partial charge < -0.3 is 19.7 Å². The maximum absolute atomic E-state index is 14.2. The second-order valence-corrected chi connectivity index (χ2v) is 15.2. The quantitative estimate of drug-likeness (QED) is 0.259. The number of Topliss-reactive ketones (excluding diaryl/α,β-unsaturated/α-hetero) is 2. The second-order valence-electron chi connectivity index (χ2n) is 14.8. The minimum Gasteiger partial charge on any atom is -0.493 e. The third-order valence-corrected chi connectivity index (χ3v) is 9.84. The van der Waals surface area contributed by atoms with Crippen LogP contribution in [0.5, 0.6) is 11.5 Å². The molecule has 0 saturated carbocycles. The first-order valence-electron chi connectivity index (χ1n) is 16.5. The molecule has 7 nitrogen and oxygen atoms in total. The lowest BCUT2D eigenvalue weighted by Gasteiger charge is -2.49. The van der Waals surface area contributed by atoms with Gasteiger partial charge in [-0.05, 0) is 65.5 Å². The largest absolute Gasteiger partial charge is 0.493 e. The van der Waals surface area contributed by atoms with E-state index in [1.54, 1.807) is 12.1 Å². The second kappa shape index (κ2) is 12.9. The van der Waals surface area contributed by atoms with Gasteiger partial charge in [0, 0.05) is 53.5 Å². The molecule has 0 fully saturated rings. The minimum absolute atomic E-state index is 0.0387. The lowest BCUT2D eigenvalue weighted by molar-refractivity contribution is -0.120. The molecular formula is C40H43ClN2O5. The van der Waals surface area contributed by atoms with E-state index < -0.39 is 5.92 Å². The zero-order valence-electron chi connectivity index (χ0n) is 28.5. The third-order valence-electron chi connectivity index (χ3n) is 9.56. The number of aryl methyl sites for hydroxylation is 1. The number of allylic oxidation sites excluding steroid dienone is 4. The number of nitrogens with zero attached hydrogens (tertiary/aromatic N) is 1. The van der Waals surface area contributed by atoms with Crippen LogP contribution < -0.4 is 14.8 Å². The number of ketones is 2. The number of halogens is 1. The van der Waals surface area contributed by atoms with E-state index in [-0.39, 0.29) is 45.7 Å². The summed E-state index contributed by atoms with van der Waals surface area (Å²) in [6.07, 6.45) is 2.16. The van der Waals surface area contributed by atoms with Crippen molar-refractivity contribution in [2.45, 2.75) is 72.8 Å². The molecule has 0 saturated heterocycles. The Balaban J connectivity index is 1.43. The topological polar surface area (TPSA) is 84.9 Å². The molecule has 8 heteroatoms. The van der Waals surface area contributed by atoms with Crippen LogP contribution in [0.1, 0.15) is 76.0 Å². The number of anilines is 1. The van der Waals surface area contributed by atoms with Crippen molar-refractivity contribution in [1.82, 2.24) is 4.90 Å². The van der Waals surface area contributed by atoms with Crippen LogP contribution in [0.3, 0.4) is 0 Å². The summed E-state index contributed by atoms with van der Waals surface area (Å²) in [6.45, 7) is 10.7. The highest BCUT2D eigenvalue weighted by atomic mass is 35.5. The van der Waals surface area contributed by atoms with Crippen molar-refractivity contribution in [3.8, 4) is 11.5 Å². The number of nitrogens with one attached hydrogen (secondary N) is 1. The number of benzene rings is 3. The van der Waals surface area contributed by atoms with Gasteiger partial charge in [0.05, 0.1) is 12.1 Å². The molecule has 2 aliphatic carbocycles. The van der Waals surface area contributed by atoms with Gasteiger partial charge in [-0.1, -0.05) is 87.8 Å². The molecule has 48 heavy (non-hydrogen) atoms. The number of methoxy groups -OCH3 is 1. The number of hydrogen-bond donors (Lipinski definition) is 1. The number of ether oxygens (including phenoxy) is 2. The van der Waals surface area contributed by atoms with E-state index >= 15 is 0 Å². The van der Waals surface area contributed by atoms with Gasteiger partial charge >= 0.3 is 0 Å². The van der Waals surface area contributed by atoms with Gasteiger partial charge in [0.15, 0.2) is 29.7 Å². The highest BCUT2D eigenvalue weighted by molar-refractivity contribution is 6.32. The molecule has 1 N–H and O–H groups in total. The van der Waals surface area contributed by atoms with Crippen LogP contribution in [0.15, 0.2) is 89.3 Å². The third kappa shape index (κ3) is 6.66. The van der Waals surface area contributed by atoms with Gasteiger partial charge in [0.1, 0.15) is 0 Å².